The lowest BCUT2D eigenvalue weighted by Crippen LogP contribution is -2.29. The van der Waals surface area contributed by atoms with Crippen LogP contribution in [0.1, 0.15) is 28.8 Å². The molecule has 0 bridgehead atoms. The van der Waals surface area contributed by atoms with Gasteiger partial charge in [-0.2, -0.15) is 0 Å². The molecular formula is C20H21FN2O2S. The topological polar surface area (TPSA) is 49.4 Å². The molecule has 1 aliphatic rings. The number of nitrogens with zero attached hydrogens (tertiary/aromatic N) is 1. The first-order valence-electron chi connectivity index (χ1n) is 8.62. The first-order chi connectivity index (χ1) is 12.5. The fourth-order valence-corrected chi connectivity index (χ4v) is 3.89. The summed E-state index contributed by atoms with van der Waals surface area (Å²) in [6, 6.07) is 11.5. The Morgan fingerprint density at radius 1 is 1.15 bits per heavy atom. The SMILES string of the molecule is Cc1cc(F)ccc1NC(=O)c1ccccc1SCC(=O)N1CCCC1. The van der Waals surface area contributed by atoms with Gasteiger partial charge in [-0.3, -0.25) is 9.59 Å². The van der Waals surface area contributed by atoms with E-state index in [2.05, 4.69) is 5.32 Å². The minimum atomic E-state index is -0.336. The lowest BCUT2D eigenvalue weighted by Gasteiger charge is -2.15. The van der Waals surface area contributed by atoms with E-state index in [-0.39, 0.29) is 17.6 Å². The Morgan fingerprint density at radius 3 is 2.62 bits per heavy atom. The highest BCUT2D eigenvalue weighted by molar-refractivity contribution is 8.00. The number of hydrogen-bond donors (Lipinski definition) is 1. The van der Waals surface area contributed by atoms with Crippen LogP contribution in [0.25, 0.3) is 0 Å². The van der Waals surface area contributed by atoms with Crippen molar-refractivity contribution in [2.75, 3.05) is 24.2 Å². The summed E-state index contributed by atoms with van der Waals surface area (Å²) in [5.41, 5.74) is 1.74. The maximum Gasteiger partial charge on any atom is 0.256 e. The number of rotatable bonds is 5. The third kappa shape index (κ3) is 4.43. The van der Waals surface area contributed by atoms with Gasteiger partial charge in [-0.15, -0.1) is 11.8 Å². The number of likely N-dealkylation sites (tertiary alicyclic amines) is 1. The van der Waals surface area contributed by atoms with Crippen LogP contribution in [-0.2, 0) is 4.79 Å². The van der Waals surface area contributed by atoms with Gasteiger partial charge in [-0.25, -0.2) is 4.39 Å². The molecular weight excluding hydrogens is 351 g/mol. The zero-order chi connectivity index (χ0) is 18.5. The summed E-state index contributed by atoms with van der Waals surface area (Å²) in [6.07, 6.45) is 2.12. The number of hydrogen-bond acceptors (Lipinski definition) is 3. The molecule has 4 nitrogen and oxygen atoms in total. The van der Waals surface area contributed by atoms with Crippen LogP contribution in [0.4, 0.5) is 10.1 Å². The fourth-order valence-electron chi connectivity index (χ4n) is 2.93. The Morgan fingerprint density at radius 2 is 1.88 bits per heavy atom. The van der Waals surface area contributed by atoms with Gasteiger partial charge in [0.1, 0.15) is 5.82 Å². The van der Waals surface area contributed by atoms with Gasteiger partial charge in [-0.05, 0) is 55.7 Å². The second kappa shape index (κ2) is 8.36. The van der Waals surface area contributed by atoms with Gasteiger partial charge in [0.15, 0.2) is 0 Å². The third-order valence-corrected chi connectivity index (χ3v) is 5.44. The normalized spacial score (nSPS) is 13.7. The van der Waals surface area contributed by atoms with Crippen molar-refractivity contribution in [1.29, 1.82) is 0 Å². The summed E-state index contributed by atoms with van der Waals surface area (Å²) in [5.74, 6) is -0.176. The first kappa shape index (κ1) is 18.5. The lowest BCUT2D eigenvalue weighted by molar-refractivity contribution is -0.127. The van der Waals surface area contributed by atoms with Gasteiger partial charge in [0.2, 0.25) is 5.91 Å². The molecule has 0 spiro atoms. The maximum atomic E-state index is 13.2. The van der Waals surface area contributed by atoms with Gasteiger partial charge >= 0.3 is 0 Å². The molecule has 0 unspecified atom stereocenters. The van der Waals surface area contributed by atoms with Crippen molar-refractivity contribution in [2.45, 2.75) is 24.7 Å². The number of nitrogens with one attached hydrogen (secondary N) is 1. The van der Waals surface area contributed by atoms with E-state index in [9.17, 15) is 14.0 Å². The van der Waals surface area contributed by atoms with Gasteiger partial charge in [-0.1, -0.05) is 12.1 Å². The summed E-state index contributed by atoms with van der Waals surface area (Å²) in [6.45, 7) is 3.39. The first-order valence-corrected chi connectivity index (χ1v) is 9.60. The van der Waals surface area contributed by atoms with Gasteiger partial charge in [0.05, 0.1) is 11.3 Å². The Hall–Kier alpha value is -2.34. The van der Waals surface area contributed by atoms with E-state index >= 15 is 0 Å². The van der Waals surface area contributed by atoms with Crippen molar-refractivity contribution in [3.05, 3.63) is 59.4 Å². The molecule has 2 aromatic rings. The van der Waals surface area contributed by atoms with Crippen LogP contribution in [0.5, 0.6) is 0 Å². The number of aryl methyl sites for hydroxylation is 1. The lowest BCUT2D eigenvalue weighted by atomic mass is 10.1. The largest absolute Gasteiger partial charge is 0.342 e. The van der Waals surface area contributed by atoms with E-state index in [1.165, 1.54) is 23.9 Å². The molecule has 1 aliphatic heterocycles. The van der Waals surface area contributed by atoms with E-state index in [1.54, 1.807) is 25.1 Å². The minimum Gasteiger partial charge on any atom is -0.342 e. The monoisotopic (exact) mass is 372 g/mol. The highest BCUT2D eigenvalue weighted by Gasteiger charge is 2.19. The van der Waals surface area contributed by atoms with Crippen LogP contribution < -0.4 is 5.32 Å². The molecule has 0 radical (unpaired) electrons. The van der Waals surface area contributed by atoms with Crippen molar-refractivity contribution in [3.8, 4) is 0 Å². The molecule has 0 aliphatic carbocycles. The van der Waals surface area contributed by atoms with E-state index in [0.717, 1.165) is 30.8 Å². The summed E-state index contributed by atoms with van der Waals surface area (Å²) in [5, 5.41) is 2.82. The fraction of sp³-hybridized carbons (Fsp3) is 0.300. The second-order valence-corrected chi connectivity index (χ2v) is 7.30. The number of anilines is 1. The average molecular weight is 372 g/mol. The zero-order valence-electron chi connectivity index (χ0n) is 14.6. The van der Waals surface area contributed by atoms with Crippen molar-refractivity contribution in [1.82, 2.24) is 4.90 Å². The minimum absolute atomic E-state index is 0.108. The molecule has 1 N–H and O–H groups in total. The molecule has 1 saturated heterocycles. The second-order valence-electron chi connectivity index (χ2n) is 6.29. The highest BCUT2D eigenvalue weighted by atomic mass is 32.2. The Bertz CT molecular complexity index is 819. The Kier molecular flexibility index (Phi) is 5.93. The van der Waals surface area contributed by atoms with Crippen LogP contribution in [0, 0.1) is 12.7 Å². The van der Waals surface area contributed by atoms with Gasteiger partial charge in [0.25, 0.3) is 5.91 Å². The van der Waals surface area contributed by atoms with E-state index in [1.807, 2.05) is 17.0 Å². The van der Waals surface area contributed by atoms with Gasteiger partial charge < -0.3 is 10.2 Å². The van der Waals surface area contributed by atoms with E-state index < -0.39 is 0 Å². The molecule has 1 heterocycles. The zero-order valence-corrected chi connectivity index (χ0v) is 15.4. The summed E-state index contributed by atoms with van der Waals surface area (Å²) < 4.78 is 13.2. The van der Waals surface area contributed by atoms with Crippen LogP contribution in [-0.4, -0.2) is 35.6 Å². The average Bonchev–Trinajstić information content (AvgIpc) is 3.17. The van der Waals surface area contributed by atoms with Crippen LogP contribution in [0.15, 0.2) is 47.4 Å². The van der Waals surface area contributed by atoms with E-state index in [4.69, 9.17) is 0 Å². The maximum absolute atomic E-state index is 13.2. The molecule has 26 heavy (non-hydrogen) atoms. The number of amides is 2. The predicted molar refractivity (Wildman–Crippen MR) is 102 cm³/mol. The molecule has 2 amide bonds. The number of benzene rings is 2. The van der Waals surface area contributed by atoms with Crippen molar-refractivity contribution < 1.29 is 14.0 Å². The summed E-state index contributed by atoms with van der Waals surface area (Å²) in [4.78, 5) is 27.5. The Labute approximate surface area is 156 Å². The molecule has 3 rings (SSSR count). The van der Waals surface area contributed by atoms with Crippen molar-refractivity contribution >= 4 is 29.3 Å². The number of carbonyl (C=O) groups is 2. The summed E-state index contributed by atoms with van der Waals surface area (Å²) in [7, 11) is 0. The molecule has 0 atom stereocenters. The standard InChI is InChI=1S/C20H21FN2O2S/c1-14-12-15(21)8-9-17(14)22-20(25)16-6-2-3-7-18(16)26-13-19(24)23-10-4-5-11-23/h2-3,6-9,12H,4-5,10-11,13H2,1H3,(H,22,25). The summed E-state index contributed by atoms with van der Waals surface area (Å²) >= 11 is 1.38. The van der Waals surface area contributed by atoms with Crippen molar-refractivity contribution in [2.24, 2.45) is 0 Å². The number of thioether (sulfide) groups is 1. The van der Waals surface area contributed by atoms with Gasteiger partial charge in [0, 0.05) is 23.7 Å². The third-order valence-electron chi connectivity index (χ3n) is 4.38. The van der Waals surface area contributed by atoms with Crippen LogP contribution in [0.2, 0.25) is 0 Å². The van der Waals surface area contributed by atoms with E-state index in [0.29, 0.717) is 22.6 Å². The number of halogens is 1. The van der Waals surface area contributed by atoms with Crippen LogP contribution in [0.3, 0.4) is 0 Å². The van der Waals surface area contributed by atoms with Crippen molar-refractivity contribution in [3.63, 3.8) is 0 Å². The molecule has 0 aromatic heterocycles. The quantitative estimate of drug-likeness (QED) is 0.804. The molecule has 136 valence electrons. The molecule has 0 saturated carbocycles. The molecule has 6 heteroatoms. The molecule has 2 aromatic carbocycles. The predicted octanol–water partition coefficient (Wildman–Crippen LogP) is 4.10. The van der Waals surface area contributed by atoms with Crippen LogP contribution >= 0.6 is 11.8 Å². The number of carbonyl (C=O) groups excluding carboxylic acids is 2. The molecule has 1 fully saturated rings. The highest BCUT2D eigenvalue weighted by Crippen LogP contribution is 2.25. The smallest absolute Gasteiger partial charge is 0.256 e. The Balaban J connectivity index is 1.69.